The van der Waals surface area contributed by atoms with E-state index in [1.54, 1.807) is 10.9 Å². The van der Waals surface area contributed by atoms with Gasteiger partial charge in [0.15, 0.2) is 5.82 Å². The maximum Gasteiger partial charge on any atom is 0.216 e. The molecule has 26 heavy (non-hydrogen) atoms. The summed E-state index contributed by atoms with van der Waals surface area (Å²) in [4.78, 5) is 0. The molecule has 0 bridgehead atoms. The highest BCUT2D eigenvalue weighted by molar-refractivity contribution is 7.71. The molecule has 134 valence electrons. The Kier molecular flexibility index (Phi) is 4.46. The van der Waals surface area contributed by atoms with Crippen LogP contribution in [0, 0.1) is 10.7 Å². The van der Waals surface area contributed by atoms with Gasteiger partial charge in [-0.1, -0.05) is 19.1 Å². The first-order chi connectivity index (χ1) is 12.7. The number of nitrogens with zero attached hydrogens (tertiary/aromatic N) is 3. The van der Waals surface area contributed by atoms with E-state index in [-0.39, 0.29) is 0 Å². The van der Waals surface area contributed by atoms with Crippen molar-refractivity contribution in [2.24, 2.45) is 11.0 Å². The second-order valence-electron chi connectivity index (χ2n) is 6.40. The second-order valence-corrected chi connectivity index (χ2v) is 6.78. The number of nitrogens with one attached hydrogen (secondary N) is 1. The lowest BCUT2D eigenvalue weighted by atomic mass is 10.2. The topological polar surface area (TPSA) is 68.3 Å². The van der Waals surface area contributed by atoms with Gasteiger partial charge in [-0.15, -0.1) is 0 Å². The predicted molar refractivity (Wildman–Crippen MR) is 102 cm³/mol. The van der Waals surface area contributed by atoms with Crippen LogP contribution in [0.15, 0.2) is 45.9 Å². The van der Waals surface area contributed by atoms with E-state index in [2.05, 4.69) is 22.2 Å². The largest absolute Gasteiger partial charge is 0.493 e. The van der Waals surface area contributed by atoms with Gasteiger partial charge < -0.3 is 9.15 Å². The van der Waals surface area contributed by atoms with Crippen LogP contribution in [-0.4, -0.2) is 27.7 Å². The Hall–Kier alpha value is -2.67. The number of rotatable bonds is 6. The van der Waals surface area contributed by atoms with E-state index >= 15 is 0 Å². The van der Waals surface area contributed by atoms with Crippen LogP contribution in [0.5, 0.6) is 5.75 Å². The molecule has 3 aromatic rings. The van der Waals surface area contributed by atoms with Gasteiger partial charge in [0.05, 0.1) is 18.4 Å². The molecule has 1 aliphatic carbocycles. The number of para-hydroxylation sites is 1. The van der Waals surface area contributed by atoms with E-state index in [1.165, 1.54) is 6.42 Å². The lowest BCUT2D eigenvalue weighted by molar-refractivity contribution is 0.341. The zero-order valence-electron chi connectivity index (χ0n) is 14.7. The van der Waals surface area contributed by atoms with Gasteiger partial charge in [0.25, 0.3) is 0 Å². The molecule has 0 unspecified atom stereocenters. The molecule has 0 amide bonds. The molecule has 0 spiro atoms. The van der Waals surface area contributed by atoms with Gasteiger partial charge in [0.2, 0.25) is 4.77 Å². The third-order valence-corrected chi connectivity index (χ3v) is 4.77. The van der Waals surface area contributed by atoms with Gasteiger partial charge in [-0.05, 0) is 55.7 Å². The Morgan fingerprint density at radius 1 is 1.38 bits per heavy atom. The van der Waals surface area contributed by atoms with Crippen molar-refractivity contribution in [3.63, 3.8) is 0 Å². The summed E-state index contributed by atoms with van der Waals surface area (Å²) in [6.45, 7) is 4.75. The molecule has 2 aromatic heterocycles. The molecular weight excluding hydrogens is 348 g/mol. The smallest absolute Gasteiger partial charge is 0.216 e. The Morgan fingerprint density at radius 3 is 2.96 bits per heavy atom. The molecule has 0 aliphatic heterocycles. The Balaban J connectivity index is 1.65. The Bertz CT molecular complexity index is 1000. The number of aromatic nitrogens is 3. The van der Waals surface area contributed by atoms with Gasteiger partial charge in [0.1, 0.15) is 17.3 Å². The summed E-state index contributed by atoms with van der Waals surface area (Å²) in [6.07, 6.45) is 2.85. The van der Waals surface area contributed by atoms with Crippen LogP contribution >= 0.6 is 12.2 Å². The minimum Gasteiger partial charge on any atom is -0.493 e. The predicted octanol–water partition coefficient (Wildman–Crippen LogP) is 4.60. The summed E-state index contributed by atoms with van der Waals surface area (Å²) >= 11 is 5.33. The van der Waals surface area contributed by atoms with Crippen LogP contribution in [-0.2, 0) is 0 Å². The highest BCUT2D eigenvalue weighted by atomic mass is 32.1. The van der Waals surface area contributed by atoms with Crippen LogP contribution in [0.3, 0.4) is 0 Å². The highest BCUT2D eigenvalue weighted by Crippen LogP contribution is 2.47. The third-order valence-electron chi connectivity index (χ3n) is 4.50. The summed E-state index contributed by atoms with van der Waals surface area (Å²) < 4.78 is 13.6. The van der Waals surface area contributed by atoms with Crippen molar-refractivity contribution < 1.29 is 9.15 Å². The minimum atomic E-state index is 0.408. The number of hydrogen-bond acceptors (Lipinski definition) is 5. The SMILES string of the molecule is CCOc1ccccc1-c1n[nH]c(=S)n1/N=C\c1ccc([C@H]2C[C@H]2C)o1. The van der Waals surface area contributed by atoms with Crippen LogP contribution < -0.4 is 4.74 Å². The standard InChI is InChI=1S/C19H20N4O2S/c1-3-24-16-7-5-4-6-14(16)18-21-22-19(26)23(18)20-11-13-8-9-17(25-13)15-10-12(15)2/h4-9,11-12,15H,3,10H2,1-2H3,(H,22,26)/b20-11-/t12-,15+/m1/s1. The van der Waals surface area contributed by atoms with Crippen molar-refractivity contribution in [2.75, 3.05) is 6.61 Å². The highest BCUT2D eigenvalue weighted by Gasteiger charge is 2.36. The molecule has 1 aliphatic rings. The molecule has 7 heteroatoms. The zero-order chi connectivity index (χ0) is 18.1. The molecule has 0 saturated heterocycles. The van der Waals surface area contributed by atoms with Crippen molar-refractivity contribution >= 4 is 18.4 Å². The zero-order valence-corrected chi connectivity index (χ0v) is 15.5. The van der Waals surface area contributed by atoms with E-state index in [0.717, 1.165) is 17.1 Å². The molecular formula is C19H20N4O2S. The lowest BCUT2D eigenvalue weighted by Crippen LogP contribution is -1.98. The first-order valence-electron chi connectivity index (χ1n) is 8.71. The fourth-order valence-corrected chi connectivity index (χ4v) is 3.16. The molecule has 4 rings (SSSR count). The number of ether oxygens (including phenoxy) is 1. The van der Waals surface area contributed by atoms with Crippen molar-refractivity contribution in [1.82, 2.24) is 14.9 Å². The molecule has 6 nitrogen and oxygen atoms in total. The van der Waals surface area contributed by atoms with Crippen molar-refractivity contribution in [1.29, 1.82) is 0 Å². The third kappa shape index (κ3) is 3.22. The molecule has 2 heterocycles. The average molecular weight is 368 g/mol. The maximum absolute atomic E-state index is 5.87. The number of hydrogen-bond donors (Lipinski definition) is 1. The van der Waals surface area contributed by atoms with Crippen molar-refractivity contribution in [2.45, 2.75) is 26.2 Å². The van der Waals surface area contributed by atoms with Gasteiger partial charge in [-0.25, -0.2) is 5.10 Å². The van der Waals surface area contributed by atoms with Crippen LogP contribution in [0.1, 0.15) is 37.7 Å². The van der Waals surface area contributed by atoms with Crippen LogP contribution in [0.25, 0.3) is 11.4 Å². The molecule has 1 fully saturated rings. The van der Waals surface area contributed by atoms with Gasteiger partial charge in [-0.3, -0.25) is 0 Å². The fraction of sp³-hybridized carbons (Fsp3) is 0.316. The molecule has 1 aromatic carbocycles. The van der Waals surface area contributed by atoms with Crippen LogP contribution in [0.2, 0.25) is 0 Å². The maximum atomic E-state index is 5.87. The first kappa shape index (κ1) is 16.8. The molecule has 1 N–H and O–H groups in total. The van der Waals surface area contributed by atoms with Crippen molar-refractivity contribution in [3.8, 4) is 17.1 Å². The van der Waals surface area contributed by atoms with E-state index in [9.17, 15) is 0 Å². The number of furan rings is 1. The average Bonchev–Trinajstić information content (AvgIpc) is 3.04. The van der Waals surface area contributed by atoms with Crippen LogP contribution in [0.4, 0.5) is 0 Å². The molecule has 2 atom stereocenters. The lowest BCUT2D eigenvalue weighted by Gasteiger charge is -2.08. The molecule has 1 saturated carbocycles. The number of H-pyrrole nitrogens is 1. The van der Waals surface area contributed by atoms with E-state index in [4.69, 9.17) is 21.4 Å². The fourth-order valence-electron chi connectivity index (χ4n) is 2.98. The monoisotopic (exact) mass is 368 g/mol. The first-order valence-corrected chi connectivity index (χ1v) is 9.12. The summed E-state index contributed by atoms with van der Waals surface area (Å²) in [6, 6.07) is 11.6. The van der Waals surface area contributed by atoms with Gasteiger partial charge in [-0.2, -0.15) is 14.9 Å². The summed E-state index contributed by atoms with van der Waals surface area (Å²) in [5, 5.41) is 11.6. The van der Waals surface area contributed by atoms with Gasteiger partial charge in [0, 0.05) is 5.92 Å². The van der Waals surface area contributed by atoms with E-state index in [0.29, 0.717) is 34.8 Å². The molecule has 0 radical (unpaired) electrons. The van der Waals surface area contributed by atoms with E-state index < -0.39 is 0 Å². The normalized spacial score (nSPS) is 19.2. The van der Waals surface area contributed by atoms with E-state index in [1.807, 2.05) is 43.3 Å². The minimum absolute atomic E-state index is 0.408. The second kappa shape index (κ2) is 6.92. The Morgan fingerprint density at radius 2 is 2.19 bits per heavy atom. The number of aromatic amines is 1. The Labute approximate surface area is 156 Å². The summed E-state index contributed by atoms with van der Waals surface area (Å²) in [5.41, 5.74) is 0.825. The summed E-state index contributed by atoms with van der Waals surface area (Å²) in [7, 11) is 0. The number of benzene rings is 1. The quantitative estimate of drug-likeness (QED) is 0.510. The summed E-state index contributed by atoms with van der Waals surface area (Å²) in [5.74, 6) is 4.31. The van der Waals surface area contributed by atoms with Gasteiger partial charge >= 0.3 is 0 Å². The van der Waals surface area contributed by atoms with Crippen molar-refractivity contribution in [3.05, 3.63) is 52.7 Å².